The van der Waals surface area contributed by atoms with Crippen LogP contribution >= 0.6 is 0 Å². The normalized spacial score (nSPS) is 26.8. The molecule has 0 unspecified atom stereocenters. The van der Waals surface area contributed by atoms with E-state index in [1.54, 1.807) is 0 Å². The predicted octanol–water partition coefficient (Wildman–Crippen LogP) is 0.979. The van der Waals surface area contributed by atoms with Crippen molar-refractivity contribution in [2.24, 2.45) is 5.73 Å². The maximum Gasteiger partial charge on any atom is 0.129 e. The van der Waals surface area contributed by atoms with Crippen molar-refractivity contribution in [3.8, 4) is 0 Å². The molecule has 0 bridgehead atoms. The van der Waals surface area contributed by atoms with Gasteiger partial charge in [-0.3, -0.25) is 0 Å². The standard InChI is InChI=1S/C10H12F2N2/c11-6-1-2-7(9(12)3-6)8-4-14-5-10(8)13/h1-3,8,10,14H,4-5,13H2/t8-,10+/m0/s1. The molecule has 2 rings (SSSR count). The van der Waals surface area contributed by atoms with Crippen LogP contribution in [0.15, 0.2) is 18.2 Å². The van der Waals surface area contributed by atoms with E-state index in [4.69, 9.17) is 5.73 Å². The molecule has 76 valence electrons. The zero-order valence-electron chi connectivity index (χ0n) is 7.63. The first-order chi connectivity index (χ1) is 6.68. The number of benzene rings is 1. The summed E-state index contributed by atoms with van der Waals surface area (Å²) in [6, 6.07) is 3.56. The summed E-state index contributed by atoms with van der Waals surface area (Å²) in [4.78, 5) is 0. The van der Waals surface area contributed by atoms with Gasteiger partial charge in [-0.05, 0) is 11.6 Å². The zero-order valence-corrected chi connectivity index (χ0v) is 7.63. The maximum absolute atomic E-state index is 13.4. The van der Waals surface area contributed by atoms with Crippen LogP contribution in [0.25, 0.3) is 0 Å². The lowest BCUT2D eigenvalue weighted by atomic mass is 9.94. The van der Waals surface area contributed by atoms with Crippen molar-refractivity contribution in [2.45, 2.75) is 12.0 Å². The van der Waals surface area contributed by atoms with E-state index >= 15 is 0 Å². The van der Waals surface area contributed by atoms with Gasteiger partial charge in [0.2, 0.25) is 0 Å². The van der Waals surface area contributed by atoms with Crippen LogP contribution in [0.4, 0.5) is 8.78 Å². The van der Waals surface area contributed by atoms with Gasteiger partial charge >= 0.3 is 0 Å². The number of hydrogen-bond donors (Lipinski definition) is 2. The van der Waals surface area contributed by atoms with E-state index < -0.39 is 11.6 Å². The van der Waals surface area contributed by atoms with Gasteiger partial charge in [0.05, 0.1) is 0 Å². The van der Waals surface area contributed by atoms with Crippen molar-refractivity contribution >= 4 is 0 Å². The molecule has 1 aromatic rings. The van der Waals surface area contributed by atoms with Gasteiger partial charge in [0.25, 0.3) is 0 Å². The Balaban J connectivity index is 2.31. The van der Waals surface area contributed by atoms with Crippen LogP contribution in [0, 0.1) is 11.6 Å². The summed E-state index contributed by atoms with van der Waals surface area (Å²) in [5, 5.41) is 3.08. The van der Waals surface area contributed by atoms with Gasteiger partial charge in [0, 0.05) is 31.1 Å². The smallest absolute Gasteiger partial charge is 0.129 e. The van der Waals surface area contributed by atoms with E-state index in [9.17, 15) is 8.78 Å². The molecule has 0 spiro atoms. The highest BCUT2D eigenvalue weighted by Gasteiger charge is 2.27. The molecule has 1 aliphatic rings. The monoisotopic (exact) mass is 198 g/mol. The van der Waals surface area contributed by atoms with Crippen LogP contribution in [-0.2, 0) is 0 Å². The molecule has 0 aromatic heterocycles. The highest BCUT2D eigenvalue weighted by atomic mass is 19.1. The van der Waals surface area contributed by atoms with Crippen LogP contribution in [0.2, 0.25) is 0 Å². The Bertz CT molecular complexity index is 341. The second-order valence-corrected chi connectivity index (χ2v) is 3.59. The largest absolute Gasteiger partial charge is 0.326 e. The number of nitrogens with two attached hydrogens (primary N) is 1. The average Bonchev–Trinajstić information content (AvgIpc) is 2.52. The Hall–Kier alpha value is -1.00. The van der Waals surface area contributed by atoms with Gasteiger partial charge in [-0.1, -0.05) is 6.07 Å². The van der Waals surface area contributed by atoms with Gasteiger partial charge in [-0.25, -0.2) is 8.78 Å². The Kier molecular flexibility index (Phi) is 2.48. The molecule has 1 fully saturated rings. The Morgan fingerprint density at radius 2 is 2.07 bits per heavy atom. The van der Waals surface area contributed by atoms with Gasteiger partial charge in [0.15, 0.2) is 0 Å². The molecule has 0 saturated carbocycles. The number of hydrogen-bond acceptors (Lipinski definition) is 2. The van der Waals surface area contributed by atoms with E-state index in [1.165, 1.54) is 12.1 Å². The lowest BCUT2D eigenvalue weighted by Gasteiger charge is -2.15. The van der Waals surface area contributed by atoms with Crippen molar-refractivity contribution in [3.05, 3.63) is 35.4 Å². The second-order valence-electron chi connectivity index (χ2n) is 3.59. The SMILES string of the molecule is N[C@@H]1CNC[C@H]1c1ccc(F)cc1F. The molecule has 0 amide bonds. The average molecular weight is 198 g/mol. The topological polar surface area (TPSA) is 38.0 Å². The fraction of sp³-hybridized carbons (Fsp3) is 0.400. The summed E-state index contributed by atoms with van der Waals surface area (Å²) in [5.74, 6) is -1.10. The number of nitrogens with one attached hydrogen (secondary N) is 1. The third kappa shape index (κ3) is 1.63. The minimum atomic E-state index is -0.550. The Labute approximate surface area is 81.1 Å². The minimum Gasteiger partial charge on any atom is -0.326 e. The van der Waals surface area contributed by atoms with Crippen molar-refractivity contribution in [1.82, 2.24) is 5.32 Å². The fourth-order valence-corrected chi connectivity index (χ4v) is 1.84. The summed E-state index contributed by atoms with van der Waals surface area (Å²) in [6.07, 6.45) is 0. The summed E-state index contributed by atoms with van der Waals surface area (Å²) in [5.41, 5.74) is 6.30. The molecule has 1 aromatic carbocycles. The van der Waals surface area contributed by atoms with Crippen molar-refractivity contribution in [2.75, 3.05) is 13.1 Å². The second kappa shape index (κ2) is 3.63. The van der Waals surface area contributed by atoms with E-state index in [0.29, 0.717) is 18.7 Å². The van der Waals surface area contributed by atoms with Crippen LogP contribution < -0.4 is 11.1 Å². The lowest BCUT2D eigenvalue weighted by molar-refractivity contribution is 0.545. The van der Waals surface area contributed by atoms with Crippen molar-refractivity contribution < 1.29 is 8.78 Å². The molecule has 2 nitrogen and oxygen atoms in total. The quantitative estimate of drug-likeness (QED) is 0.706. The molecule has 14 heavy (non-hydrogen) atoms. The molecule has 0 aliphatic carbocycles. The van der Waals surface area contributed by atoms with Crippen molar-refractivity contribution in [3.63, 3.8) is 0 Å². The number of rotatable bonds is 1. The molecule has 1 heterocycles. The third-order valence-electron chi connectivity index (χ3n) is 2.62. The molecule has 4 heteroatoms. The van der Waals surface area contributed by atoms with E-state index in [1.807, 2.05) is 0 Å². The lowest BCUT2D eigenvalue weighted by Crippen LogP contribution is -2.28. The first-order valence-corrected chi connectivity index (χ1v) is 4.59. The van der Waals surface area contributed by atoms with Crippen molar-refractivity contribution in [1.29, 1.82) is 0 Å². The molecular weight excluding hydrogens is 186 g/mol. The van der Waals surface area contributed by atoms with Gasteiger partial charge < -0.3 is 11.1 Å². The highest BCUT2D eigenvalue weighted by Crippen LogP contribution is 2.24. The van der Waals surface area contributed by atoms with Gasteiger partial charge in [0.1, 0.15) is 11.6 Å². The Morgan fingerprint density at radius 1 is 1.29 bits per heavy atom. The van der Waals surface area contributed by atoms with Gasteiger partial charge in [-0.2, -0.15) is 0 Å². The van der Waals surface area contributed by atoms with E-state index in [2.05, 4.69) is 5.32 Å². The Morgan fingerprint density at radius 3 is 2.64 bits per heavy atom. The molecular formula is C10H12F2N2. The van der Waals surface area contributed by atoms with Crippen LogP contribution in [0.3, 0.4) is 0 Å². The predicted molar refractivity (Wildman–Crippen MR) is 49.9 cm³/mol. The highest BCUT2D eigenvalue weighted by molar-refractivity contribution is 5.25. The minimum absolute atomic E-state index is 0.0457. The third-order valence-corrected chi connectivity index (χ3v) is 2.62. The maximum atomic E-state index is 13.4. The molecule has 1 saturated heterocycles. The van der Waals surface area contributed by atoms with E-state index in [0.717, 1.165) is 6.07 Å². The summed E-state index contributed by atoms with van der Waals surface area (Å²) < 4.78 is 26.0. The first kappa shape index (κ1) is 9.55. The van der Waals surface area contributed by atoms with Crippen LogP contribution in [-0.4, -0.2) is 19.1 Å². The van der Waals surface area contributed by atoms with Crippen LogP contribution in [0.5, 0.6) is 0 Å². The first-order valence-electron chi connectivity index (χ1n) is 4.59. The molecule has 1 aliphatic heterocycles. The van der Waals surface area contributed by atoms with E-state index in [-0.39, 0.29) is 12.0 Å². The van der Waals surface area contributed by atoms with Crippen LogP contribution in [0.1, 0.15) is 11.5 Å². The molecule has 3 N–H and O–H groups in total. The summed E-state index contributed by atoms with van der Waals surface area (Å²) >= 11 is 0. The van der Waals surface area contributed by atoms with Gasteiger partial charge in [-0.15, -0.1) is 0 Å². The fourth-order valence-electron chi connectivity index (χ4n) is 1.84. The zero-order chi connectivity index (χ0) is 10.1. The summed E-state index contributed by atoms with van der Waals surface area (Å²) in [7, 11) is 0. The summed E-state index contributed by atoms with van der Waals surface area (Å²) in [6.45, 7) is 1.34. The number of halogens is 2. The molecule has 2 atom stereocenters. The molecule has 0 radical (unpaired) electrons.